The van der Waals surface area contributed by atoms with Gasteiger partial charge >= 0.3 is 43.4 Å². The first-order valence-corrected chi connectivity index (χ1v) is 25.8. The van der Waals surface area contributed by atoms with Gasteiger partial charge in [0.15, 0.2) is 0 Å². The third-order valence-corrected chi connectivity index (χ3v) is 10.1. The van der Waals surface area contributed by atoms with Gasteiger partial charge in [0, 0.05) is 0 Å². The maximum Gasteiger partial charge on any atom is 4.00 e. The second kappa shape index (κ2) is 50.8. The van der Waals surface area contributed by atoms with Crippen LogP contribution in [0.15, 0.2) is 82.8 Å². The SMILES string of the molecule is CC(C)c1cccc(C(C)C)c1N=C[N-]c1c(C(C)C)cccc1C(C)C.CC(C)c1cccc(C(C)C)c1N=C[N-]c1c(C(C)C)cccc1C(C)C.C[N-]C.C[N-]C.C[N-]C.C[N-]C.C[N-]C.C[N-]C.[Ti+4].[Ti+4]. The molecule has 10 nitrogen and oxygen atoms in total. The smallest absolute Gasteiger partial charge is 0.668 e. The second-order valence-corrected chi connectivity index (χ2v) is 19.8. The van der Waals surface area contributed by atoms with E-state index < -0.39 is 0 Å². The third-order valence-electron chi connectivity index (χ3n) is 10.1. The van der Waals surface area contributed by atoms with E-state index in [1.54, 1.807) is 97.2 Å². The Morgan fingerprint density at radius 2 is 0.405 bits per heavy atom. The van der Waals surface area contributed by atoms with Crippen molar-refractivity contribution in [3.05, 3.63) is 160 Å². The Morgan fingerprint density at radius 3 is 0.541 bits per heavy atom. The molecule has 0 saturated carbocycles. The zero-order valence-electron chi connectivity index (χ0n) is 52.2. The van der Waals surface area contributed by atoms with Crippen LogP contribution in [-0.2, 0) is 43.4 Å². The molecule has 0 fully saturated rings. The Labute approximate surface area is 488 Å². The van der Waals surface area contributed by atoms with E-state index >= 15 is 0 Å². The average Bonchev–Trinajstić information content (AvgIpc) is 3.30. The van der Waals surface area contributed by atoms with Gasteiger partial charge in [0.1, 0.15) is 0 Å². The summed E-state index contributed by atoms with van der Waals surface area (Å²) in [7, 11) is 21.0. The van der Waals surface area contributed by atoms with E-state index in [9.17, 15) is 0 Å². The van der Waals surface area contributed by atoms with Gasteiger partial charge in [-0.05, 0) is 115 Å². The summed E-state index contributed by atoms with van der Waals surface area (Å²) < 4.78 is 0. The Kier molecular flexibility index (Phi) is 56.5. The molecule has 412 valence electrons. The molecule has 0 atom stereocenters. The zero-order valence-corrected chi connectivity index (χ0v) is 55.3. The molecule has 0 unspecified atom stereocenters. The first-order valence-electron chi connectivity index (χ1n) is 25.8. The Morgan fingerprint density at radius 1 is 0.270 bits per heavy atom. The van der Waals surface area contributed by atoms with Crippen molar-refractivity contribution >= 4 is 35.4 Å². The van der Waals surface area contributed by atoms with Gasteiger partial charge in [-0.1, -0.05) is 196 Å². The van der Waals surface area contributed by atoms with Gasteiger partial charge in [0.05, 0.1) is 0 Å². The molecule has 0 spiro atoms. The molecule has 4 rings (SSSR count). The van der Waals surface area contributed by atoms with E-state index in [4.69, 9.17) is 20.6 Å². The fourth-order valence-corrected chi connectivity index (χ4v) is 6.93. The summed E-state index contributed by atoms with van der Waals surface area (Å²) in [5.74, 6) is 3.48. The minimum atomic E-state index is 0. The van der Waals surface area contributed by atoms with Gasteiger partial charge in [-0.2, -0.15) is 84.6 Å². The minimum Gasteiger partial charge on any atom is -0.668 e. The number of para-hydroxylation sites is 4. The van der Waals surface area contributed by atoms with Crippen molar-refractivity contribution < 1.29 is 43.4 Å². The van der Waals surface area contributed by atoms with Crippen LogP contribution in [0.2, 0.25) is 0 Å². The molecule has 0 saturated heterocycles. The molecule has 4 aromatic rings. The van der Waals surface area contributed by atoms with Crippen LogP contribution < -0.4 is 0 Å². The van der Waals surface area contributed by atoms with E-state index in [0.29, 0.717) is 47.3 Å². The quantitative estimate of drug-likeness (QED) is 0.0675. The van der Waals surface area contributed by atoms with Crippen molar-refractivity contribution in [3.63, 3.8) is 0 Å². The first kappa shape index (κ1) is 82.4. The molecular formula is C62H106N10Ti2. The van der Waals surface area contributed by atoms with Crippen LogP contribution in [0.3, 0.4) is 0 Å². The molecule has 74 heavy (non-hydrogen) atoms. The summed E-state index contributed by atoms with van der Waals surface area (Å²) in [6, 6.07) is 26.1. The van der Waals surface area contributed by atoms with Crippen molar-refractivity contribution in [2.45, 2.75) is 158 Å². The summed E-state index contributed by atoms with van der Waals surface area (Å²) in [5.41, 5.74) is 14.6. The van der Waals surface area contributed by atoms with Gasteiger partial charge in [0.25, 0.3) is 0 Å². The molecule has 0 aliphatic carbocycles. The molecule has 0 amide bonds. The summed E-state index contributed by atoms with van der Waals surface area (Å²) in [6.45, 7) is 35.6. The number of hydrogen-bond donors (Lipinski definition) is 0. The predicted octanol–water partition coefficient (Wildman–Crippen LogP) is 20.8. The predicted molar refractivity (Wildman–Crippen MR) is 332 cm³/mol. The van der Waals surface area contributed by atoms with Crippen LogP contribution in [0.4, 0.5) is 22.7 Å². The number of aliphatic imine (C=N–C) groups is 2. The summed E-state index contributed by atoms with van der Waals surface area (Å²) in [6.07, 6.45) is 3.53. The van der Waals surface area contributed by atoms with Crippen LogP contribution in [-0.4, -0.2) is 97.2 Å². The van der Waals surface area contributed by atoms with Crippen LogP contribution in [0.1, 0.15) is 203 Å². The molecule has 0 aliphatic rings. The van der Waals surface area contributed by atoms with Crippen LogP contribution in [0, 0.1) is 0 Å². The number of hydrogen-bond acceptors (Lipinski definition) is 2. The van der Waals surface area contributed by atoms with Crippen molar-refractivity contribution in [1.29, 1.82) is 0 Å². The average molecular weight is 1090 g/mol. The molecule has 0 radical (unpaired) electrons. The monoisotopic (exact) mass is 1090 g/mol. The van der Waals surface area contributed by atoms with Gasteiger partial charge < -0.3 is 52.5 Å². The maximum absolute atomic E-state index is 4.85. The molecule has 4 aromatic carbocycles. The number of rotatable bonds is 14. The fraction of sp³-hybridized carbons (Fsp3) is 0.581. The van der Waals surface area contributed by atoms with E-state index in [2.05, 4.69) is 215 Å². The van der Waals surface area contributed by atoms with Crippen LogP contribution in [0.25, 0.3) is 42.5 Å². The summed E-state index contributed by atoms with van der Waals surface area (Å²) in [5, 5.41) is 30.7. The second-order valence-electron chi connectivity index (χ2n) is 19.8. The minimum absolute atomic E-state index is 0. The van der Waals surface area contributed by atoms with Crippen molar-refractivity contribution in [3.8, 4) is 0 Å². The number of nitrogens with zero attached hydrogens (tertiary/aromatic N) is 10. The standard InChI is InChI=1S/2C25H35N2.6C2H6N.2Ti/c2*1-16(2)20-11-9-12-21(17(3)4)24(20)26-15-27-25-22(18(5)6)13-10-14-23(25)19(7)8;6*1-3-2;;/h2*9-19H,1-8H3;6*1-2H3;;/q8*-1;2*+4. The molecule has 12 heteroatoms. The van der Waals surface area contributed by atoms with Gasteiger partial charge in [-0.25, -0.2) is 0 Å². The summed E-state index contributed by atoms with van der Waals surface area (Å²) >= 11 is 0. The van der Waals surface area contributed by atoms with Gasteiger partial charge in [-0.3, -0.25) is 0 Å². The van der Waals surface area contributed by atoms with Gasteiger partial charge in [-0.15, -0.1) is 0 Å². The van der Waals surface area contributed by atoms with Crippen molar-refractivity contribution in [2.24, 2.45) is 9.98 Å². The van der Waals surface area contributed by atoms with E-state index in [1.165, 1.54) is 44.5 Å². The van der Waals surface area contributed by atoms with Gasteiger partial charge in [0.2, 0.25) is 0 Å². The normalized spacial score (nSPS) is 10.3. The molecular weight excluding hydrogens is 980 g/mol. The Hall–Kier alpha value is -2.99. The fourth-order valence-electron chi connectivity index (χ4n) is 6.93. The topological polar surface area (TPSA) is 138 Å². The van der Waals surface area contributed by atoms with Crippen LogP contribution in [0.5, 0.6) is 0 Å². The van der Waals surface area contributed by atoms with Crippen LogP contribution >= 0.6 is 0 Å². The first-order chi connectivity index (χ1) is 34.0. The number of benzene rings is 4. The van der Waals surface area contributed by atoms with E-state index in [-0.39, 0.29) is 43.4 Å². The molecule has 0 bridgehead atoms. The molecule has 0 N–H and O–H groups in total. The maximum atomic E-state index is 4.85. The van der Waals surface area contributed by atoms with Crippen molar-refractivity contribution in [1.82, 2.24) is 0 Å². The largest absolute Gasteiger partial charge is 4.00 e. The summed E-state index contributed by atoms with van der Waals surface area (Å²) in [4.78, 5) is 9.71. The zero-order chi connectivity index (χ0) is 56.5. The Balaban J connectivity index is -0.000000231. The molecule has 0 aromatic heterocycles. The van der Waals surface area contributed by atoms with E-state index in [0.717, 1.165) is 22.7 Å². The Bertz CT molecular complexity index is 1720. The molecule has 0 aliphatic heterocycles. The van der Waals surface area contributed by atoms with E-state index in [1.807, 2.05) is 0 Å². The van der Waals surface area contributed by atoms with Crippen molar-refractivity contribution in [2.75, 3.05) is 84.6 Å². The molecule has 0 heterocycles. The third kappa shape index (κ3) is 33.9.